The highest BCUT2D eigenvalue weighted by atomic mass is 19.4. The van der Waals surface area contributed by atoms with Gasteiger partial charge in [-0.25, -0.2) is 4.39 Å². The number of carbonyl (C=O) groups is 1. The predicted molar refractivity (Wildman–Crippen MR) is 157 cm³/mol. The maximum atomic E-state index is 13.6. The number of nitrogens with two attached hydrogens (primary N) is 2. The zero-order valence-electron chi connectivity index (χ0n) is 23.3. The van der Waals surface area contributed by atoms with Crippen LogP contribution in [0, 0.1) is 30.0 Å². The van der Waals surface area contributed by atoms with Crippen molar-refractivity contribution < 1.29 is 22.4 Å². The molecule has 1 saturated carbocycles. The van der Waals surface area contributed by atoms with E-state index in [9.17, 15) is 22.4 Å². The third-order valence-corrected chi connectivity index (χ3v) is 7.12. The number of benzene rings is 3. The summed E-state index contributed by atoms with van der Waals surface area (Å²) in [4.78, 5) is 10.8. The van der Waals surface area contributed by atoms with Crippen LogP contribution in [0.15, 0.2) is 90.7 Å². The van der Waals surface area contributed by atoms with E-state index in [2.05, 4.69) is 18.0 Å². The van der Waals surface area contributed by atoms with Gasteiger partial charge in [0.2, 0.25) is 0 Å². The van der Waals surface area contributed by atoms with Gasteiger partial charge in [-0.2, -0.15) is 18.4 Å². The molecule has 0 heterocycles. The maximum Gasteiger partial charge on any atom is 0.415 e. The Kier molecular flexibility index (Phi) is 10.8. The molecule has 5 N–H and O–H groups in total. The molecular formula is C33H34F4N4O. The van der Waals surface area contributed by atoms with Crippen LogP contribution in [0.3, 0.4) is 0 Å². The van der Waals surface area contributed by atoms with Gasteiger partial charge in [0.15, 0.2) is 6.29 Å². The minimum Gasteiger partial charge on any atom is -0.353 e. The quantitative estimate of drug-likeness (QED) is 0.103. The first-order valence-corrected chi connectivity index (χ1v) is 13.4. The number of aryl methyl sites for hydroxylation is 1. The molecule has 220 valence electrons. The van der Waals surface area contributed by atoms with E-state index in [-0.39, 0.29) is 11.5 Å². The normalized spacial score (nSPS) is 14.6. The van der Waals surface area contributed by atoms with Gasteiger partial charge in [-0.15, -0.1) is 0 Å². The second-order valence-electron chi connectivity index (χ2n) is 10.4. The van der Waals surface area contributed by atoms with Gasteiger partial charge in [0.1, 0.15) is 5.82 Å². The zero-order valence-corrected chi connectivity index (χ0v) is 23.3. The van der Waals surface area contributed by atoms with Crippen molar-refractivity contribution in [3.63, 3.8) is 0 Å². The Hall–Kier alpha value is -4.26. The highest BCUT2D eigenvalue weighted by molar-refractivity contribution is 5.79. The summed E-state index contributed by atoms with van der Waals surface area (Å²) in [5.41, 5.74) is 14.7. The molecule has 3 aromatic rings. The van der Waals surface area contributed by atoms with Crippen molar-refractivity contribution in [1.29, 1.82) is 5.26 Å². The van der Waals surface area contributed by atoms with Crippen molar-refractivity contribution in [1.82, 2.24) is 0 Å². The number of anilines is 1. The number of nitrogens with one attached hydrogen (secondary N) is 1. The summed E-state index contributed by atoms with van der Waals surface area (Å²) in [6.45, 7) is 4.93. The van der Waals surface area contributed by atoms with Crippen LogP contribution in [0.25, 0.3) is 0 Å². The van der Waals surface area contributed by atoms with Crippen molar-refractivity contribution in [2.45, 2.75) is 50.9 Å². The Morgan fingerprint density at radius 2 is 1.76 bits per heavy atom. The summed E-state index contributed by atoms with van der Waals surface area (Å²) >= 11 is 0. The lowest BCUT2D eigenvalue weighted by Gasteiger charge is -2.31. The van der Waals surface area contributed by atoms with Crippen LogP contribution in [-0.4, -0.2) is 12.5 Å². The summed E-state index contributed by atoms with van der Waals surface area (Å²) in [7, 11) is 0. The highest BCUT2D eigenvalue weighted by Crippen LogP contribution is 2.40. The molecule has 9 heteroatoms. The van der Waals surface area contributed by atoms with E-state index in [1.807, 2.05) is 18.2 Å². The Morgan fingerprint density at radius 1 is 1.10 bits per heavy atom. The van der Waals surface area contributed by atoms with Gasteiger partial charge in [0.25, 0.3) is 0 Å². The average Bonchev–Trinajstić information content (AvgIpc) is 3.81. The van der Waals surface area contributed by atoms with Crippen LogP contribution in [0.1, 0.15) is 53.5 Å². The molecule has 0 aromatic heterocycles. The summed E-state index contributed by atoms with van der Waals surface area (Å²) in [6.07, 6.45) is 0.864. The van der Waals surface area contributed by atoms with Crippen LogP contribution in [0.5, 0.6) is 0 Å². The molecule has 1 aliphatic carbocycles. The lowest BCUT2D eigenvalue weighted by atomic mass is 9.79. The lowest BCUT2D eigenvalue weighted by Crippen LogP contribution is -2.38. The molecule has 0 aliphatic heterocycles. The summed E-state index contributed by atoms with van der Waals surface area (Å²) in [5, 5.41) is 11.6. The van der Waals surface area contributed by atoms with Crippen molar-refractivity contribution in [3.8, 4) is 6.07 Å². The molecule has 0 amide bonds. The van der Waals surface area contributed by atoms with Crippen molar-refractivity contribution in [3.05, 3.63) is 124 Å². The molecule has 5 nitrogen and oxygen atoms in total. The minimum atomic E-state index is -4.56. The molecule has 1 unspecified atom stereocenters. The van der Waals surface area contributed by atoms with Gasteiger partial charge in [0, 0.05) is 12.2 Å². The standard InChI is InChI=1S/C20H21FN2.C13H13F3N2O/c1-14-12-18(8-9-19(14)21)20(23,11-10-15-2-3-15)17-6-4-16(13-22)5-7-17;1-9(13(14,15)16)5-12(8-19)18-11-4-2-3-10(6-11)7-17/h4-9,12,15H,2-3,10-11,23H2,1H3;2-6,8,18H,1,7,17H2/b;12-5-. The first kappa shape index (κ1) is 32.3. The van der Waals surface area contributed by atoms with Crippen LogP contribution >= 0.6 is 0 Å². The molecule has 1 fully saturated rings. The van der Waals surface area contributed by atoms with E-state index in [4.69, 9.17) is 16.7 Å². The molecule has 0 saturated heterocycles. The fourth-order valence-corrected chi connectivity index (χ4v) is 4.37. The van der Waals surface area contributed by atoms with Crippen LogP contribution < -0.4 is 16.8 Å². The van der Waals surface area contributed by atoms with Gasteiger partial charge in [-0.05, 0) is 84.3 Å². The monoisotopic (exact) mass is 578 g/mol. The van der Waals surface area contributed by atoms with Crippen LogP contribution in [0.2, 0.25) is 0 Å². The number of hydrogen-bond acceptors (Lipinski definition) is 5. The highest BCUT2D eigenvalue weighted by Gasteiger charge is 2.33. The molecule has 1 aliphatic rings. The Labute approximate surface area is 243 Å². The number of allylic oxidation sites excluding steroid dienone is 3. The topological polar surface area (TPSA) is 105 Å². The van der Waals surface area contributed by atoms with Crippen molar-refractivity contribution in [2.75, 3.05) is 5.32 Å². The van der Waals surface area contributed by atoms with Gasteiger partial charge in [-0.1, -0.05) is 55.8 Å². The largest absolute Gasteiger partial charge is 0.415 e. The van der Waals surface area contributed by atoms with Crippen molar-refractivity contribution in [2.24, 2.45) is 17.4 Å². The molecular weight excluding hydrogens is 544 g/mol. The van der Waals surface area contributed by atoms with Gasteiger partial charge in [-0.3, -0.25) is 4.79 Å². The van der Waals surface area contributed by atoms with E-state index in [0.29, 0.717) is 35.7 Å². The molecule has 0 radical (unpaired) electrons. The lowest BCUT2D eigenvalue weighted by molar-refractivity contribution is -0.104. The van der Waals surface area contributed by atoms with E-state index in [1.54, 1.807) is 49.4 Å². The number of nitriles is 1. The number of carbonyl (C=O) groups excluding carboxylic acids is 1. The first-order chi connectivity index (χ1) is 19.9. The summed E-state index contributed by atoms with van der Waals surface area (Å²) in [6, 6.07) is 21.4. The number of hydrogen-bond donors (Lipinski definition) is 3. The second-order valence-corrected chi connectivity index (χ2v) is 10.4. The maximum absolute atomic E-state index is 13.6. The van der Waals surface area contributed by atoms with E-state index in [0.717, 1.165) is 35.4 Å². The third-order valence-electron chi connectivity index (χ3n) is 7.12. The van der Waals surface area contributed by atoms with Gasteiger partial charge in [0.05, 0.1) is 28.4 Å². The van der Waals surface area contributed by atoms with Gasteiger partial charge >= 0.3 is 6.18 Å². The number of nitrogens with zero attached hydrogens (tertiary/aromatic N) is 1. The molecule has 42 heavy (non-hydrogen) atoms. The number of halogens is 4. The summed E-state index contributed by atoms with van der Waals surface area (Å²) in [5.74, 6) is 0.566. The zero-order chi connectivity index (χ0) is 30.9. The van der Waals surface area contributed by atoms with Crippen LogP contribution in [0.4, 0.5) is 23.2 Å². The fraction of sp³-hybridized carbons (Fsp3) is 0.273. The van der Waals surface area contributed by atoms with Crippen LogP contribution in [-0.2, 0) is 16.9 Å². The fourth-order valence-electron chi connectivity index (χ4n) is 4.37. The van der Waals surface area contributed by atoms with Crippen molar-refractivity contribution >= 4 is 12.0 Å². The van der Waals surface area contributed by atoms with E-state index >= 15 is 0 Å². The number of aldehydes is 1. The number of alkyl halides is 3. The molecule has 0 spiro atoms. The molecule has 3 aromatic carbocycles. The predicted octanol–water partition coefficient (Wildman–Crippen LogP) is 7.16. The first-order valence-electron chi connectivity index (χ1n) is 13.4. The SMILES string of the molecule is C=C(/C=C(/C=O)Nc1cccc(CN)c1)C(F)(F)F.Cc1cc(C(N)(CCC2CC2)c2ccc(C#N)cc2)ccc1F. The summed E-state index contributed by atoms with van der Waals surface area (Å²) < 4.78 is 50.5. The number of rotatable bonds is 10. The van der Waals surface area contributed by atoms with E-state index < -0.39 is 17.3 Å². The average molecular weight is 579 g/mol. The molecule has 0 bridgehead atoms. The van der Waals surface area contributed by atoms with E-state index in [1.165, 1.54) is 18.9 Å². The van der Waals surface area contributed by atoms with Gasteiger partial charge < -0.3 is 16.8 Å². The Bertz CT molecular complexity index is 1470. The smallest absolute Gasteiger partial charge is 0.353 e. The minimum absolute atomic E-state index is 0.210. The second kappa shape index (κ2) is 14.1. The molecule has 4 rings (SSSR count). The Morgan fingerprint density at radius 3 is 2.31 bits per heavy atom. The third kappa shape index (κ3) is 8.87. The molecule has 1 atom stereocenters. The Balaban J connectivity index is 0.000000236.